The van der Waals surface area contributed by atoms with Gasteiger partial charge in [0.1, 0.15) is 4.99 Å². The van der Waals surface area contributed by atoms with Gasteiger partial charge < -0.3 is 15.4 Å². The van der Waals surface area contributed by atoms with Crippen LogP contribution in [0.2, 0.25) is 0 Å². The van der Waals surface area contributed by atoms with Crippen molar-refractivity contribution >= 4 is 34.7 Å². The van der Waals surface area contributed by atoms with Crippen LogP contribution in [0.15, 0.2) is 23.1 Å². The van der Waals surface area contributed by atoms with E-state index in [0.29, 0.717) is 11.1 Å². The molecule has 0 amide bonds. The van der Waals surface area contributed by atoms with Crippen molar-refractivity contribution in [3.05, 3.63) is 23.8 Å². The minimum atomic E-state index is 0.311. The van der Waals surface area contributed by atoms with E-state index in [4.69, 9.17) is 22.7 Å². The number of hydrogen-bond acceptors (Lipinski definition) is 4. The van der Waals surface area contributed by atoms with E-state index in [0.717, 1.165) is 49.5 Å². The number of anilines is 1. The van der Waals surface area contributed by atoms with Crippen molar-refractivity contribution in [1.82, 2.24) is 0 Å². The SMILES string of the molecule is CCOC1CCCN(c2cccc(SCC)c2C(N)=S)C1. The molecule has 21 heavy (non-hydrogen) atoms. The second-order valence-corrected chi connectivity index (χ2v) is 6.86. The highest BCUT2D eigenvalue weighted by Crippen LogP contribution is 2.32. The van der Waals surface area contributed by atoms with Crippen molar-refractivity contribution in [3.8, 4) is 0 Å². The van der Waals surface area contributed by atoms with Crippen molar-refractivity contribution in [2.24, 2.45) is 5.73 Å². The van der Waals surface area contributed by atoms with E-state index in [1.807, 2.05) is 0 Å². The molecule has 2 rings (SSSR count). The van der Waals surface area contributed by atoms with Crippen molar-refractivity contribution in [3.63, 3.8) is 0 Å². The molecule has 0 radical (unpaired) electrons. The molecule has 1 saturated heterocycles. The van der Waals surface area contributed by atoms with Crippen LogP contribution in [-0.4, -0.2) is 36.5 Å². The van der Waals surface area contributed by atoms with Gasteiger partial charge >= 0.3 is 0 Å². The van der Waals surface area contributed by atoms with E-state index < -0.39 is 0 Å². The predicted molar refractivity (Wildman–Crippen MR) is 95.6 cm³/mol. The summed E-state index contributed by atoms with van der Waals surface area (Å²) in [6.07, 6.45) is 2.59. The van der Waals surface area contributed by atoms with E-state index in [9.17, 15) is 0 Å². The molecule has 0 aromatic heterocycles. The van der Waals surface area contributed by atoms with Gasteiger partial charge in [0.15, 0.2) is 0 Å². The van der Waals surface area contributed by atoms with Gasteiger partial charge in [0.2, 0.25) is 0 Å². The number of nitrogens with two attached hydrogens (primary N) is 1. The Balaban J connectivity index is 2.29. The lowest BCUT2D eigenvalue weighted by atomic mass is 10.0. The summed E-state index contributed by atoms with van der Waals surface area (Å²) in [4.78, 5) is 4.04. The molecule has 0 saturated carbocycles. The molecule has 1 aliphatic heterocycles. The minimum absolute atomic E-state index is 0.311. The number of ether oxygens (including phenoxy) is 1. The molecular formula is C16H24N2OS2. The van der Waals surface area contributed by atoms with Crippen LogP contribution in [0.1, 0.15) is 32.3 Å². The molecule has 1 atom stereocenters. The van der Waals surface area contributed by atoms with E-state index >= 15 is 0 Å². The van der Waals surface area contributed by atoms with Gasteiger partial charge in [-0.2, -0.15) is 0 Å². The van der Waals surface area contributed by atoms with Gasteiger partial charge in [-0.15, -0.1) is 11.8 Å². The number of benzene rings is 1. The molecule has 2 N–H and O–H groups in total. The van der Waals surface area contributed by atoms with Crippen molar-refractivity contribution in [2.75, 3.05) is 30.3 Å². The summed E-state index contributed by atoms with van der Waals surface area (Å²) in [7, 11) is 0. The van der Waals surface area contributed by atoms with E-state index in [1.54, 1.807) is 11.8 Å². The number of piperidine rings is 1. The molecule has 5 heteroatoms. The van der Waals surface area contributed by atoms with Gasteiger partial charge in [0, 0.05) is 35.8 Å². The molecule has 1 unspecified atom stereocenters. The Morgan fingerprint density at radius 2 is 2.29 bits per heavy atom. The van der Waals surface area contributed by atoms with Gasteiger partial charge in [-0.3, -0.25) is 0 Å². The van der Waals surface area contributed by atoms with Gasteiger partial charge in [0.05, 0.1) is 6.10 Å². The van der Waals surface area contributed by atoms with Crippen LogP contribution in [0.25, 0.3) is 0 Å². The Morgan fingerprint density at radius 3 is 2.95 bits per heavy atom. The topological polar surface area (TPSA) is 38.5 Å². The highest BCUT2D eigenvalue weighted by Gasteiger charge is 2.23. The quantitative estimate of drug-likeness (QED) is 0.641. The average Bonchev–Trinajstić information content (AvgIpc) is 2.48. The molecule has 1 aromatic carbocycles. The predicted octanol–water partition coefficient (Wildman–Crippen LogP) is 3.44. The number of hydrogen-bond donors (Lipinski definition) is 1. The largest absolute Gasteiger partial charge is 0.389 e. The van der Waals surface area contributed by atoms with Crippen molar-refractivity contribution < 1.29 is 4.74 Å². The lowest BCUT2D eigenvalue weighted by Gasteiger charge is -2.35. The molecule has 1 fully saturated rings. The molecule has 116 valence electrons. The minimum Gasteiger partial charge on any atom is -0.389 e. The Kier molecular flexibility index (Phi) is 6.33. The fourth-order valence-corrected chi connectivity index (χ4v) is 3.96. The highest BCUT2D eigenvalue weighted by molar-refractivity contribution is 7.99. The molecule has 0 aliphatic carbocycles. The van der Waals surface area contributed by atoms with E-state index in [1.165, 1.54) is 4.90 Å². The third kappa shape index (κ3) is 4.11. The van der Waals surface area contributed by atoms with Crippen LogP contribution >= 0.6 is 24.0 Å². The summed E-state index contributed by atoms with van der Waals surface area (Å²) >= 11 is 7.10. The highest BCUT2D eigenvalue weighted by atomic mass is 32.2. The first kappa shape index (κ1) is 16.6. The van der Waals surface area contributed by atoms with E-state index in [2.05, 4.69) is 36.9 Å². The maximum Gasteiger partial charge on any atom is 0.107 e. The Morgan fingerprint density at radius 1 is 1.48 bits per heavy atom. The number of nitrogens with zero attached hydrogens (tertiary/aromatic N) is 1. The first-order chi connectivity index (χ1) is 10.2. The molecule has 1 heterocycles. The Bertz CT molecular complexity index is 491. The second kappa shape index (κ2) is 8.01. The molecular weight excluding hydrogens is 300 g/mol. The maximum absolute atomic E-state index is 6.01. The fourth-order valence-electron chi connectivity index (χ4n) is 2.84. The van der Waals surface area contributed by atoms with Gasteiger partial charge in [-0.1, -0.05) is 25.2 Å². The van der Waals surface area contributed by atoms with Crippen molar-refractivity contribution in [2.45, 2.75) is 37.7 Å². The lowest BCUT2D eigenvalue weighted by Crippen LogP contribution is -2.40. The summed E-state index contributed by atoms with van der Waals surface area (Å²) in [6, 6.07) is 6.33. The monoisotopic (exact) mass is 324 g/mol. The summed E-state index contributed by atoms with van der Waals surface area (Å²) in [6.45, 7) is 6.93. The van der Waals surface area contributed by atoms with Crippen LogP contribution in [0, 0.1) is 0 Å². The first-order valence-corrected chi connectivity index (χ1v) is 8.98. The van der Waals surface area contributed by atoms with Gasteiger partial charge in [-0.05, 0) is 37.7 Å². The zero-order valence-corrected chi connectivity index (χ0v) is 14.4. The van der Waals surface area contributed by atoms with Crippen LogP contribution in [-0.2, 0) is 4.74 Å². The van der Waals surface area contributed by atoms with Gasteiger partial charge in [0.25, 0.3) is 0 Å². The molecule has 3 nitrogen and oxygen atoms in total. The summed E-state index contributed by atoms with van der Waals surface area (Å²) in [5.41, 5.74) is 8.19. The first-order valence-electron chi connectivity index (χ1n) is 7.59. The van der Waals surface area contributed by atoms with Crippen LogP contribution < -0.4 is 10.6 Å². The van der Waals surface area contributed by atoms with Crippen molar-refractivity contribution in [1.29, 1.82) is 0 Å². The number of thiocarbonyl (C=S) groups is 1. The zero-order valence-electron chi connectivity index (χ0n) is 12.8. The van der Waals surface area contributed by atoms with E-state index in [-0.39, 0.29) is 0 Å². The van der Waals surface area contributed by atoms with Crippen LogP contribution in [0.3, 0.4) is 0 Å². The summed E-state index contributed by atoms with van der Waals surface area (Å²) in [5, 5.41) is 0. The molecule has 0 spiro atoms. The molecule has 1 aliphatic rings. The zero-order chi connectivity index (χ0) is 15.2. The molecule has 1 aromatic rings. The summed E-state index contributed by atoms with van der Waals surface area (Å²) in [5.74, 6) is 1.01. The number of rotatable bonds is 6. The third-order valence-electron chi connectivity index (χ3n) is 3.67. The molecule has 0 bridgehead atoms. The van der Waals surface area contributed by atoms with Gasteiger partial charge in [-0.25, -0.2) is 0 Å². The second-order valence-electron chi connectivity index (χ2n) is 5.11. The maximum atomic E-state index is 6.01. The lowest BCUT2D eigenvalue weighted by molar-refractivity contribution is 0.0526. The van der Waals surface area contributed by atoms with Crippen LogP contribution in [0.4, 0.5) is 5.69 Å². The van der Waals surface area contributed by atoms with Crippen LogP contribution in [0.5, 0.6) is 0 Å². The Hall–Kier alpha value is -0.780. The fraction of sp³-hybridized carbons (Fsp3) is 0.562. The standard InChI is InChI=1S/C16H24N2OS2/c1-3-19-12-7-6-10-18(11-12)13-8-5-9-14(21-4-2)15(13)16(17)20/h5,8-9,12H,3-4,6-7,10-11H2,1-2H3,(H2,17,20). The summed E-state index contributed by atoms with van der Waals surface area (Å²) < 4.78 is 5.80. The Labute approximate surface area is 137 Å². The average molecular weight is 325 g/mol. The third-order valence-corrected chi connectivity index (χ3v) is 4.82. The normalized spacial score (nSPS) is 18.8. The number of thioether (sulfide) groups is 1. The smallest absolute Gasteiger partial charge is 0.107 e.